The van der Waals surface area contributed by atoms with Crippen molar-refractivity contribution >= 4 is 12.6 Å². The third-order valence-corrected chi connectivity index (χ3v) is 1.13. The number of rotatable bonds is 2. The fourth-order valence-corrected chi connectivity index (χ4v) is 0.698. The molecule has 0 fully saturated rings. The summed E-state index contributed by atoms with van der Waals surface area (Å²) in [7, 11) is 1.68. The van der Waals surface area contributed by atoms with Gasteiger partial charge in [-0.25, -0.2) is 5.84 Å². The van der Waals surface area contributed by atoms with Crippen LogP contribution in [-0.2, 0) is 0 Å². The summed E-state index contributed by atoms with van der Waals surface area (Å²) in [4.78, 5) is 3.94. The maximum absolute atomic E-state index is 5.40. The molecule has 0 aromatic rings. The monoisotopic (exact) mass is 142 g/mol. The zero-order valence-electron chi connectivity index (χ0n) is 6.70. The van der Waals surface area contributed by atoms with E-state index in [-0.39, 0.29) is 5.92 Å². The summed E-state index contributed by atoms with van der Waals surface area (Å²) in [6.45, 7) is 7.27. The van der Waals surface area contributed by atoms with E-state index in [2.05, 4.69) is 16.8 Å². The molecule has 0 bridgehead atoms. The van der Waals surface area contributed by atoms with E-state index in [4.69, 9.17) is 5.84 Å². The summed E-state index contributed by atoms with van der Waals surface area (Å²) in [5.41, 5.74) is 0. The van der Waals surface area contributed by atoms with Crippen LogP contribution in [0.3, 0.4) is 0 Å². The third kappa shape index (κ3) is 2.14. The predicted octanol–water partition coefficient (Wildman–Crippen LogP) is 0.462. The van der Waals surface area contributed by atoms with Crippen molar-refractivity contribution in [3.63, 3.8) is 0 Å². The Bertz CT molecular complexity index is 139. The van der Waals surface area contributed by atoms with Crippen molar-refractivity contribution in [2.24, 2.45) is 21.9 Å². The van der Waals surface area contributed by atoms with Crippen molar-refractivity contribution in [3.05, 3.63) is 0 Å². The van der Waals surface area contributed by atoms with Crippen molar-refractivity contribution in [1.82, 2.24) is 5.12 Å². The molecular weight excluding hydrogens is 128 g/mol. The highest BCUT2D eigenvalue weighted by Gasteiger charge is 2.07. The van der Waals surface area contributed by atoms with E-state index < -0.39 is 0 Å². The molecule has 0 saturated heterocycles. The van der Waals surface area contributed by atoms with Gasteiger partial charge in [0.05, 0.1) is 0 Å². The fourth-order valence-electron chi connectivity index (χ4n) is 0.698. The van der Waals surface area contributed by atoms with Crippen LogP contribution in [0.1, 0.15) is 13.8 Å². The Morgan fingerprint density at radius 3 is 2.20 bits per heavy atom. The standard InChI is InChI=1S/C6H14N4/c1-5(2)6(8-3)10(7)9-4/h5H,4,7H2,1-3H3/b8-6-. The highest BCUT2D eigenvalue weighted by molar-refractivity contribution is 5.83. The molecule has 0 rings (SSSR count). The number of aliphatic imine (C=N–C) groups is 1. The zero-order valence-corrected chi connectivity index (χ0v) is 6.70. The smallest absolute Gasteiger partial charge is 0.140 e. The van der Waals surface area contributed by atoms with E-state index in [9.17, 15) is 0 Å². The second-order valence-electron chi connectivity index (χ2n) is 2.22. The molecule has 0 heterocycles. The minimum Gasteiger partial charge on any atom is -0.273 e. The molecule has 0 spiro atoms. The van der Waals surface area contributed by atoms with Gasteiger partial charge in [-0.2, -0.15) is 10.2 Å². The quantitative estimate of drug-likeness (QED) is 0.263. The summed E-state index contributed by atoms with van der Waals surface area (Å²) in [5.74, 6) is 6.41. The average Bonchev–Trinajstić information content (AvgIpc) is 1.88. The number of hydrazine groups is 1. The Morgan fingerprint density at radius 2 is 2.10 bits per heavy atom. The second kappa shape index (κ2) is 4.00. The molecular formula is C6H14N4. The van der Waals surface area contributed by atoms with Gasteiger partial charge >= 0.3 is 0 Å². The van der Waals surface area contributed by atoms with Crippen LogP contribution in [0, 0.1) is 5.92 Å². The van der Waals surface area contributed by atoms with Gasteiger partial charge in [0, 0.05) is 19.7 Å². The lowest BCUT2D eigenvalue weighted by molar-refractivity contribution is 0.447. The topological polar surface area (TPSA) is 54.0 Å². The molecule has 0 radical (unpaired) electrons. The Hall–Kier alpha value is -0.900. The molecule has 10 heavy (non-hydrogen) atoms. The number of hydrazone groups is 1. The molecule has 4 nitrogen and oxygen atoms in total. The van der Waals surface area contributed by atoms with Gasteiger partial charge in [0.2, 0.25) is 0 Å². The molecule has 0 saturated carbocycles. The number of hydrogen-bond donors (Lipinski definition) is 1. The van der Waals surface area contributed by atoms with Crippen molar-refractivity contribution < 1.29 is 0 Å². The van der Waals surface area contributed by atoms with Gasteiger partial charge in [0.25, 0.3) is 0 Å². The first-order valence-corrected chi connectivity index (χ1v) is 3.11. The van der Waals surface area contributed by atoms with E-state index in [1.807, 2.05) is 13.8 Å². The molecule has 4 heteroatoms. The highest BCUT2D eigenvalue weighted by Crippen LogP contribution is 1.98. The number of nitrogens with two attached hydrogens (primary N) is 1. The van der Waals surface area contributed by atoms with E-state index >= 15 is 0 Å². The molecule has 0 aliphatic rings. The molecule has 0 aromatic heterocycles. The van der Waals surface area contributed by atoms with Gasteiger partial charge in [0.15, 0.2) is 0 Å². The summed E-state index contributed by atoms with van der Waals surface area (Å²) >= 11 is 0. The minimum absolute atomic E-state index is 0.278. The van der Waals surface area contributed by atoms with E-state index in [0.29, 0.717) is 0 Å². The lowest BCUT2D eigenvalue weighted by Crippen LogP contribution is -2.35. The Labute approximate surface area is 61.4 Å². The molecule has 58 valence electrons. The summed E-state index contributed by atoms with van der Waals surface area (Å²) in [5, 5.41) is 4.70. The Morgan fingerprint density at radius 1 is 1.60 bits per heavy atom. The van der Waals surface area contributed by atoms with Crippen molar-refractivity contribution in [2.45, 2.75) is 13.8 Å². The van der Waals surface area contributed by atoms with Crippen LogP contribution in [0.4, 0.5) is 0 Å². The van der Waals surface area contributed by atoms with E-state index in [1.54, 1.807) is 7.05 Å². The van der Waals surface area contributed by atoms with E-state index in [0.717, 1.165) is 5.84 Å². The molecule has 0 unspecified atom stereocenters. The summed E-state index contributed by atoms with van der Waals surface area (Å²) < 4.78 is 0. The van der Waals surface area contributed by atoms with Crippen LogP contribution in [0.25, 0.3) is 0 Å². The van der Waals surface area contributed by atoms with Gasteiger partial charge in [-0.3, -0.25) is 4.99 Å². The molecule has 0 aromatic carbocycles. The van der Waals surface area contributed by atoms with Gasteiger partial charge < -0.3 is 0 Å². The molecule has 2 N–H and O–H groups in total. The highest BCUT2D eigenvalue weighted by atomic mass is 15.6. The Balaban J connectivity index is 4.22. The second-order valence-corrected chi connectivity index (χ2v) is 2.22. The van der Waals surface area contributed by atoms with Crippen LogP contribution >= 0.6 is 0 Å². The number of hydrogen-bond acceptors (Lipinski definition) is 3. The fraction of sp³-hybridized carbons (Fsp3) is 0.667. The van der Waals surface area contributed by atoms with Crippen LogP contribution in [-0.4, -0.2) is 24.7 Å². The normalized spacial score (nSPS) is 11.9. The summed E-state index contributed by atoms with van der Waals surface area (Å²) in [6.07, 6.45) is 0. The zero-order chi connectivity index (χ0) is 8.15. The minimum atomic E-state index is 0.278. The molecule has 0 aliphatic heterocycles. The largest absolute Gasteiger partial charge is 0.273 e. The molecule has 0 amide bonds. The molecule has 0 aliphatic carbocycles. The SMILES string of the molecule is C=NN(N)/C(=N\C)C(C)C. The first-order chi connectivity index (χ1) is 4.63. The van der Waals surface area contributed by atoms with Crippen LogP contribution in [0.5, 0.6) is 0 Å². The third-order valence-electron chi connectivity index (χ3n) is 1.13. The number of nitrogens with zero attached hydrogens (tertiary/aromatic N) is 3. The maximum Gasteiger partial charge on any atom is 0.140 e. The van der Waals surface area contributed by atoms with E-state index in [1.165, 1.54) is 5.12 Å². The molecule has 0 atom stereocenters. The average molecular weight is 142 g/mol. The van der Waals surface area contributed by atoms with Crippen LogP contribution in [0.15, 0.2) is 10.1 Å². The predicted molar refractivity (Wildman–Crippen MR) is 43.8 cm³/mol. The maximum atomic E-state index is 5.40. The van der Waals surface area contributed by atoms with Crippen LogP contribution in [0.2, 0.25) is 0 Å². The van der Waals surface area contributed by atoms with Crippen molar-refractivity contribution in [3.8, 4) is 0 Å². The van der Waals surface area contributed by atoms with Gasteiger partial charge in [0.1, 0.15) is 5.84 Å². The van der Waals surface area contributed by atoms with Gasteiger partial charge in [-0.05, 0) is 0 Å². The van der Waals surface area contributed by atoms with Crippen molar-refractivity contribution in [1.29, 1.82) is 0 Å². The summed E-state index contributed by atoms with van der Waals surface area (Å²) in [6, 6.07) is 0. The lowest BCUT2D eigenvalue weighted by Gasteiger charge is -2.16. The van der Waals surface area contributed by atoms with Crippen LogP contribution < -0.4 is 5.84 Å². The van der Waals surface area contributed by atoms with Crippen molar-refractivity contribution in [2.75, 3.05) is 7.05 Å². The first-order valence-electron chi connectivity index (χ1n) is 3.11. The lowest BCUT2D eigenvalue weighted by atomic mass is 10.2. The first kappa shape index (κ1) is 9.10. The Kier molecular flexibility index (Phi) is 3.64. The van der Waals surface area contributed by atoms with Gasteiger partial charge in [-0.1, -0.05) is 13.8 Å². The van der Waals surface area contributed by atoms with Gasteiger partial charge in [-0.15, -0.1) is 0 Å². The number of amidine groups is 1.